The molecule has 2 fully saturated rings. The van der Waals surface area contributed by atoms with Gasteiger partial charge in [-0.1, -0.05) is 12.1 Å². The van der Waals surface area contributed by atoms with Gasteiger partial charge in [-0.05, 0) is 31.4 Å². The maximum absolute atomic E-state index is 12.9. The molecule has 124 valence electrons. The summed E-state index contributed by atoms with van der Waals surface area (Å²) in [7, 11) is -2.78. The lowest BCUT2D eigenvalue weighted by molar-refractivity contribution is -0.135. The number of fused-ring (bicyclic) bond motifs is 2. The molecule has 0 N–H and O–H groups in total. The summed E-state index contributed by atoms with van der Waals surface area (Å²) in [6.07, 6.45) is 5.70. The van der Waals surface area contributed by atoms with Gasteiger partial charge in [0.15, 0.2) is 0 Å². The molecule has 3 heterocycles. The molecule has 2 saturated heterocycles. The second-order valence-electron chi connectivity index (χ2n) is 6.07. The molecule has 0 aliphatic carbocycles. The van der Waals surface area contributed by atoms with E-state index in [-0.39, 0.29) is 17.9 Å². The average molecular weight is 335 g/mol. The van der Waals surface area contributed by atoms with Crippen molar-refractivity contribution in [2.45, 2.75) is 37.9 Å². The predicted molar refractivity (Wildman–Crippen MR) is 86.9 cm³/mol. The number of aromatic nitrogens is 1. The standard InChI is InChI=1S/C16H21N3O3S/c1-2-12-10-18(11-13-6-3-4-9-17-13)16(20)15-8-5-7-14(12)19(15)23(21)22/h2-4,6,9,12,14-15,23H,1,5,7-8,10-11H2/t12-,14?,15?/m0/s1. The van der Waals surface area contributed by atoms with E-state index in [1.54, 1.807) is 17.2 Å². The lowest BCUT2D eigenvalue weighted by Gasteiger charge is -2.36. The van der Waals surface area contributed by atoms with Crippen LogP contribution in [-0.2, 0) is 22.2 Å². The summed E-state index contributed by atoms with van der Waals surface area (Å²) in [6.45, 7) is 4.74. The smallest absolute Gasteiger partial charge is 0.241 e. The van der Waals surface area contributed by atoms with Gasteiger partial charge in [0.1, 0.15) is 6.04 Å². The average Bonchev–Trinajstić information content (AvgIpc) is 2.63. The fourth-order valence-electron chi connectivity index (χ4n) is 3.64. The topological polar surface area (TPSA) is 70.6 Å². The highest BCUT2D eigenvalue weighted by Gasteiger charge is 2.45. The highest BCUT2D eigenvalue weighted by molar-refractivity contribution is 7.70. The maximum Gasteiger partial charge on any atom is 0.241 e. The molecule has 23 heavy (non-hydrogen) atoms. The highest BCUT2D eigenvalue weighted by atomic mass is 32.2. The van der Waals surface area contributed by atoms with Crippen molar-refractivity contribution in [1.29, 1.82) is 0 Å². The summed E-state index contributed by atoms with van der Waals surface area (Å²) in [5.74, 6) is -0.176. The van der Waals surface area contributed by atoms with Crippen molar-refractivity contribution in [1.82, 2.24) is 14.2 Å². The number of thiol groups is 1. The first-order valence-electron chi connectivity index (χ1n) is 7.85. The van der Waals surface area contributed by atoms with Gasteiger partial charge in [0.25, 0.3) is 0 Å². The van der Waals surface area contributed by atoms with Crippen LogP contribution in [-0.4, -0.2) is 47.1 Å². The molecule has 1 amide bonds. The van der Waals surface area contributed by atoms with Crippen molar-refractivity contribution in [2.24, 2.45) is 5.92 Å². The van der Waals surface area contributed by atoms with Gasteiger partial charge in [-0.2, -0.15) is 4.31 Å². The zero-order valence-electron chi connectivity index (χ0n) is 12.9. The summed E-state index contributed by atoms with van der Waals surface area (Å²) in [6, 6.07) is 4.85. The molecule has 2 aliphatic rings. The lowest BCUT2D eigenvalue weighted by Crippen LogP contribution is -2.51. The zero-order valence-corrected chi connectivity index (χ0v) is 13.8. The summed E-state index contributed by atoms with van der Waals surface area (Å²) in [4.78, 5) is 18.9. The SMILES string of the molecule is C=C[C@H]1CN(Cc2ccccn2)C(=O)C2CCCC1N2[SH](=O)=O. The minimum absolute atomic E-state index is 0.0548. The molecule has 3 atom stereocenters. The summed E-state index contributed by atoms with van der Waals surface area (Å²) >= 11 is 0. The van der Waals surface area contributed by atoms with Gasteiger partial charge < -0.3 is 4.90 Å². The number of hydrogen-bond acceptors (Lipinski definition) is 4. The van der Waals surface area contributed by atoms with E-state index in [1.165, 1.54) is 4.31 Å². The quantitative estimate of drug-likeness (QED) is 0.658. The van der Waals surface area contributed by atoms with Crippen LogP contribution in [0.4, 0.5) is 0 Å². The second kappa shape index (κ2) is 6.80. The predicted octanol–water partition coefficient (Wildman–Crippen LogP) is 0.976. The number of pyridine rings is 1. The van der Waals surface area contributed by atoms with E-state index in [4.69, 9.17) is 0 Å². The molecule has 3 rings (SSSR count). The van der Waals surface area contributed by atoms with Gasteiger partial charge in [0, 0.05) is 24.7 Å². The van der Waals surface area contributed by atoms with Crippen molar-refractivity contribution >= 4 is 16.8 Å². The van der Waals surface area contributed by atoms with Crippen LogP contribution in [0.1, 0.15) is 25.0 Å². The van der Waals surface area contributed by atoms with Gasteiger partial charge in [-0.3, -0.25) is 9.78 Å². The number of rotatable bonds is 4. The number of nitrogens with zero attached hydrogens (tertiary/aromatic N) is 3. The molecular weight excluding hydrogens is 314 g/mol. The summed E-state index contributed by atoms with van der Waals surface area (Å²) < 4.78 is 24.9. The van der Waals surface area contributed by atoms with Crippen LogP contribution >= 0.6 is 0 Å². The van der Waals surface area contributed by atoms with E-state index < -0.39 is 16.9 Å². The monoisotopic (exact) mass is 335 g/mol. The van der Waals surface area contributed by atoms with Gasteiger partial charge >= 0.3 is 0 Å². The Bertz CT molecular complexity index is 654. The first kappa shape index (κ1) is 16.1. The maximum atomic E-state index is 12.9. The van der Waals surface area contributed by atoms with Gasteiger partial charge in [0.05, 0.1) is 12.2 Å². The van der Waals surface area contributed by atoms with Crippen molar-refractivity contribution in [3.8, 4) is 0 Å². The minimum Gasteiger partial charge on any atom is -0.335 e. The van der Waals surface area contributed by atoms with Crippen molar-refractivity contribution in [3.63, 3.8) is 0 Å². The number of piperidine rings is 1. The molecule has 7 heteroatoms. The minimum atomic E-state index is -2.78. The van der Waals surface area contributed by atoms with Crippen LogP contribution in [0.25, 0.3) is 0 Å². The summed E-state index contributed by atoms with van der Waals surface area (Å²) in [5.41, 5.74) is 0.804. The fourth-order valence-corrected chi connectivity index (χ4v) is 4.61. The number of carbonyl (C=O) groups is 1. The van der Waals surface area contributed by atoms with Crippen molar-refractivity contribution in [2.75, 3.05) is 6.54 Å². The van der Waals surface area contributed by atoms with E-state index in [0.717, 1.165) is 18.5 Å². The molecule has 2 bridgehead atoms. The zero-order chi connectivity index (χ0) is 16.4. The third-order valence-corrected chi connectivity index (χ3v) is 5.68. The van der Waals surface area contributed by atoms with Gasteiger partial charge in [0.2, 0.25) is 16.8 Å². The molecule has 2 unspecified atom stereocenters. The lowest BCUT2D eigenvalue weighted by atomic mass is 9.90. The number of hydrogen-bond donors (Lipinski definition) is 1. The summed E-state index contributed by atoms with van der Waals surface area (Å²) in [5, 5.41) is 0. The molecule has 0 radical (unpaired) electrons. The second-order valence-corrected chi connectivity index (χ2v) is 7.01. The van der Waals surface area contributed by atoms with Gasteiger partial charge in [-0.15, -0.1) is 6.58 Å². The van der Waals surface area contributed by atoms with E-state index in [0.29, 0.717) is 19.5 Å². The molecule has 1 aromatic heterocycles. The molecule has 1 aromatic rings. The first-order chi connectivity index (χ1) is 11.1. The van der Waals surface area contributed by atoms with Gasteiger partial charge in [-0.25, -0.2) is 8.42 Å². The third-order valence-electron chi connectivity index (χ3n) is 4.73. The third kappa shape index (κ3) is 3.16. The number of amides is 1. The Balaban J connectivity index is 1.93. The molecule has 0 saturated carbocycles. The van der Waals surface area contributed by atoms with Crippen LogP contribution < -0.4 is 0 Å². The van der Waals surface area contributed by atoms with Crippen LogP contribution in [0.2, 0.25) is 0 Å². The van der Waals surface area contributed by atoms with E-state index >= 15 is 0 Å². The Kier molecular flexibility index (Phi) is 4.77. The highest BCUT2D eigenvalue weighted by Crippen LogP contribution is 2.33. The van der Waals surface area contributed by atoms with Crippen molar-refractivity contribution < 1.29 is 13.2 Å². The molecular formula is C16H21N3O3S. The Morgan fingerprint density at radius 1 is 1.35 bits per heavy atom. The molecule has 0 spiro atoms. The van der Waals surface area contributed by atoms with Crippen LogP contribution in [0.15, 0.2) is 37.1 Å². The molecule has 2 aliphatic heterocycles. The van der Waals surface area contributed by atoms with Crippen LogP contribution in [0.3, 0.4) is 0 Å². The first-order valence-corrected chi connectivity index (χ1v) is 8.98. The Morgan fingerprint density at radius 2 is 2.17 bits per heavy atom. The van der Waals surface area contributed by atoms with E-state index in [2.05, 4.69) is 11.6 Å². The molecule has 6 nitrogen and oxygen atoms in total. The van der Waals surface area contributed by atoms with E-state index in [9.17, 15) is 13.2 Å². The Hall–Kier alpha value is -1.73. The Morgan fingerprint density at radius 3 is 2.83 bits per heavy atom. The Labute approximate surface area is 137 Å². The molecule has 0 aromatic carbocycles. The largest absolute Gasteiger partial charge is 0.335 e. The number of carbonyl (C=O) groups excluding carboxylic acids is 1. The fraction of sp³-hybridized carbons (Fsp3) is 0.500. The van der Waals surface area contributed by atoms with Crippen LogP contribution in [0.5, 0.6) is 0 Å². The van der Waals surface area contributed by atoms with E-state index in [1.807, 2.05) is 18.2 Å². The van der Waals surface area contributed by atoms with Crippen LogP contribution in [0, 0.1) is 5.92 Å². The van der Waals surface area contributed by atoms with Crippen molar-refractivity contribution in [3.05, 3.63) is 42.7 Å². The normalized spacial score (nSPS) is 28.7.